The fraction of sp³-hybridized carbons (Fsp3) is 0.250. The zero-order chi connectivity index (χ0) is 12.3. The third kappa shape index (κ3) is 2.09. The molecule has 0 aliphatic heterocycles. The van der Waals surface area contributed by atoms with E-state index in [-0.39, 0.29) is 0 Å². The average Bonchev–Trinajstić information content (AvgIpc) is 2.26. The summed E-state index contributed by atoms with van der Waals surface area (Å²) >= 11 is 0. The molecule has 6 nitrogen and oxygen atoms in total. The van der Waals surface area contributed by atoms with Gasteiger partial charge in [-0.25, -0.2) is 13.8 Å². The highest BCUT2D eigenvalue weighted by molar-refractivity contribution is 5.47. The molecule has 1 aromatic rings. The third-order valence-electron chi connectivity index (χ3n) is 1.80. The minimum atomic E-state index is -3.00. The van der Waals surface area contributed by atoms with Gasteiger partial charge in [0.1, 0.15) is 6.07 Å². The highest BCUT2D eigenvalue weighted by Crippen LogP contribution is 2.27. The number of hydrogen-bond donors (Lipinski definition) is 1. The Labute approximate surface area is 87.9 Å². The van der Waals surface area contributed by atoms with Crippen LogP contribution in [0.3, 0.4) is 0 Å². The summed E-state index contributed by atoms with van der Waals surface area (Å²) in [4.78, 5) is 12.8. The van der Waals surface area contributed by atoms with Crippen LogP contribution >= 0.6 is 0 Å². The van der Waals surface area contributed by atoms with E-state index in [0.29, 0.717) is 6.07 Å². The second-order valence-corrected chi connectivity index (χ2v) is 2.72. The second kappa shape index (κ2) is 4.59. The van der Waals surface area contributed by atoms with Crippen molar-refractivity contribution in [1.82, 2.24) is 4.98 Å². The van der Waals surface area contributed by atoms with E-state index in [2.05, 4.69) is 4.98 Å². The van der Waals surface area contributed by atoms with E-state index in [9.17, 15) is 18.9 Å². The Kier molecular flexibility index (Phi) is 3.42. The molecule has 0 aliphatic carbocycles. The summed E-state index contributed by atoms with van der Waals surface area (Å²) in [6, 6.07) is 1.97. The van der Waals surface area contributed by atoms with Gasteiger partial charge in [-0.05, 0) is 0 Å². The van der Waals surface area contributed by atoms with Crippen LogP contribution in [-0.2, 0) is 6.61 Å². The Hall–Kier alpha value is -2.14. The van der Waals surface area contributed by atoms with Gasteiger partial charge < -0.3 is 5.11 Å². The van der Waals surface area contributed by atoms with Gasteiger partial charge in [0.05, 0.1) is 17.2 Å². The molecule has 0 bridgehead atoms. The number of nitrogens with zero attached hydrogens (tertiary/aromatic N) is 3. The number of pyridine rings is 1. The van der Waals surface area contributed by atoms with Gasteiger partial charge in [0, 0.05) is 11.6 Å². The summed E-state index contributed by atoms with van der Waals surface area (Å²) in [6.45, 7) is -0.813. The number of nitro groups is 1. The smallest absolute Gasteiger partial charge is 0.306 e. The molecule has 0 amide bonds. The zero-order valence-corrected chi connectivity index (χ0v) is 7.72. The second-order valence-electron chi connectivity index (χ2n) is 2.72. The fourth-order valence-corrected chi connectivity index (χ4v) is 1.09. The molecule has 1 rings (SSSR count). The van der Waals surface area contributed by atoms with E-state index in [1.54, 1.807) is 0 Å². The maximum atomic E-state index is 12.4. The van der Waals surface area contributed by atoms with Crippen molar-refractivity contribution >= 4 is 5.69 Å². The first kappa shape index (κ1) is 11.9. The van der Waals surface area contributed by atoms with Crippen molar-refractivity contribution in [3.05, 3.63) is 33.1 Å². The maximum absolute atomic E-state index is 12.4. The number of aromatic nitrogens is 1. The van der Waals surface area contributed by atoms with Crippen LogP contribution in [-0.4, -0.2) is 15.0 Å². The molecule has 0 aliphatic rings. The normalized spacial score (nSPS) is 10.2. The van der Waals surface area contributed by atoms with Gasteiger partial charge in [-0.2, -0.15) is 5.26 Å². The highest BCUT2D eigenvalue weighted by atomic mass is 19.3. The molecule has 0 unspecified atom stereocenters. The number of alkyl halides is 2. The number of rotatable bonds is 3. The van der Waals surface area contributed by atoms with Gasteiger partial charge in [0.25, 0.3) is 6.43 Å². The van der Waals surface area contributed by atoms with Crippen LogP contribution in [0.25, 0.3) is 0 Å². The summed E-state index contributed by atoms with van der Waals surface area (Å²) in [5.74, 6) is 0. The van der Waals surface area contributed by atoms with Crippen LogP contribution in [0, 0.1) is 21.4 Å². The lowest BCUT2D eigenvalue weighted by Gasteiger charge is -2.05. The summed E-state index contributed by atoms with van der Waals surface area (Å²) < 4.78 is 24.9. The molecule has 0 saturated heterocycles. The van der Waals surface area contributed by atoms with Crippen molar-refractivity contribution in [3.63, 3.8) is 0 Å². The van der Waals surface area contributed by atoms with Crippen LogP contribution in [0.1, 0.15) is 23.4 Å². The molecular weight excluding hydrogens is 224 g/mol. The zero-order valence-electron chi connectivity index (χ0n) is 7.72. The third-order valence-corrected chi connectivity index (χ3v) is 1.80. The van der Waals surface area contributed by atoms with E-state index >= 15 is 0 Å². The average molecular weight is 229 g/mol. The summed E-state index contributed by atoms with van der Waals surface area (Å²) in [5.41, 5.74) is -2.57. The first-order valence-corrected chi connectivity index (χ1v) is 3.98. The summed E-state index contributed by atoms with van der Waals surface area (Å²) in [5, 5.41) is 27.7. The quantitative estimate of drug-likeness (QED) is 0.621. The standard InChI is InChI=1S/C8H5F2N3O3/c9-8(10)4-1-7(13(15)16)5(2-11)12-6(4)3-14/h1,8,14H,3H2. The Bertz CT molecular complexity index is 470. The predicted molar refractivity (Wildman–Crippen MR) is 46.5 cm³/mol. The first-order chi connectivity index (χ1) is 7.51. The van der Waals surface area contributed by atoms with Crippen molar-refractivity contribution in [3.8, 4) is 6.07 Å². The monoisotopic (exact) mass is 229 g/mol. The van der Waals surface area contributed by atoms with Crippen molar-refractivity contribution in [2.75, 3.05) is 0 Å². The Balaban J connectivity index is 3.48. The number of aliphatic hydroxyl groups excluding tert-OH is 1. The topological polar surface area (TPSA) is 100 Å². The Morgan fingerprint density at radius 1 is 1.69 bits per heavy atom. The first-order valence-electron chi connectivity index (χ1n) is 3.98. The van der Waals surface area contributed by atoms with Gasteiger partial charge in [0.15, 0.2) is 0 Å². The minimum absolute atomic E-state index is 0.433. The summed E-state index contributed by atoms with van der Waals surface area (Å²) in [6.07, 6.45) is -3.00. The molecule has 0 fully saturated rings. The molecule has 84 valence electrons. The van der Waals surface area contributed by atoms with Crippen molar-refractivity contribution in [2.45, 2.75) is 13.0 Å². The van der Waals surface area contributed by atoms with E-state index in [1.165, 1.54) is 6.07 Å². The van der Waals surface area contributed by atoms with Gasteiger partial charge in [-0.1, -0.05) is 0 Å². The fourth-order valence-electron chi connectivity index (χ4n) is 1.09. The lowest BCUT2D eigenvalue weighted by molar-refractivity contribution is -0.385. The number of hydrogen-bond acceptors (Lipinski definition) is 5. The SMILES string of the molecule is N#Cc1nc(CO)c(C(F)F)cc1[N+](=O)[O-]. The van der Waals surface area contributed by atoms with Gasteiger partial charge in [-0.15, -0.1) is 0 Å². The minimum Gasteiger partial charge on any atom is -0.390 e. The highest BCUT2D eigenvalue weighted by Gasteiger charge is 2.23. The van der Waals surface area contributed by atoms with Crippen LogP contribution in [0.2, 0.25) is 0 Å². The van der Waals surface area contributed by atoms with Gasteiger partial charge in [-0.3, -0.25) is 10.1 Å². The molecule has 0 aromatic carbocycles. The van der Waals surface area contributed by atoms with E-state index in [4.69, 9.17) is 10.4 Å². The van der Waals surface area contributed by atoms with E-state index in [1.807, 2.05) is 0 Å². The molecule has 1 heterocycles. The van der Waals surface area contributed by atoms with Crippen LogP contribution in [0.15, 0.2) is 6.07 Å². The maximum Gasteiger partial charge on any atom is 0.306 e. The summed E-state index contributed by atoms with van der Waals surface area (Å²) in [7, 11) is 0. The Morgan fingerprint density at radius 2 is 2.31 bits per heavy atom. The molecule has 1 N–H and O–H groups in total. The lowest BCUT2D eigenvalue weighted by atomic mass is 10.1. The Morgan fingerprint density at radius 3 is 2.69 bits per heavy atom. The molecule has 0 atom stereocenters. The van der Waals surface area contributed by atoms with Gasteiger partial charge >= 0.3 is 5.69 Å². The van der Waals surface area contributed by atoms with E-state index in [0.717, 1.165) is 0 Å². The van der Waals surface area contributed by atoms with E-state index < -0.39 is 40.6 Å². The molecule has 0 radical (unpaired) electrons. The number of halogens is 2. The molecule has 0 spiro atoms. The van der Waals surface area contributed by atoms with Crippen molar-refractivity contribution in [2.24, 2.45) is 0 Å². The largest absolute Gasteiger partial charge is 0.390 e. The molecule has 1 aromatic heterocycles. The number of nitriles is 1. The van der Waals surface area contributed by atoms with Crippen LogP contribution < -0.4 is 0 Å². The predicted octanol–water partition coefficient (Wildman–Crippen LogP) is 1.29. The molecule has 0 saturated carbocycles. The van der Waals surface area contributed by atoms with Crippen LogP contribution in [0.4, 0.5) is 14.5 Å². The van der Waals surface area contributed by atoms with Crippen LogP contribution in [0.5, 0.6) is 0 Å². The number of aliphatic hydroxyl groups is 1. The molecule has 8 heteroatoms. The van der Waals surface area contributed by atoms with Gasteiger partial charge in [0.2, 0.25) is 5.69 Å². The molecular formula is C8H5F2N3O3. The lowest BCUT2D eigenvalue weighted by Crippen LogP contribution is -2.04. The van der Waals surface area contributed by atoms with Crippen molar-refractivity contribution in [1.29, 1.82) is 5.26 Å². The molecule has 16 heavy (non-hydrogen) atoms. The van der Waals surface area contributed by atoms with Crippen molar-refractivity contribution < 1.29 is 18.8 Å².